The van der Waals surface area contributed by atoms with E-state index >= 15 is 0 Å². The summed E-state index contributed by atoms with van der Waals surface area (Å²) < 4.78 is 32.2. The molecule has 0 aromatic heterocycles. The third-order valence-corrected chi connectivity index (χ3v) is 8.42. The van der Waals surface area contributed by atoms with Gasteiger partial charge in [0, 0.05) is 12.5 Å². The Morgan fingerprint density at radius 1 is 0.696 bits per heavy atom. The highest BCUT2D eigenvalue weighted by atomic mass is 31.2. The number of rotatable bonds is 33. The zero-order valence-corrected chi connectivity index (χ0v) is 29.7. The van der Waals surface area contributed by atoms with Crippen molar-refractivity contribution in [2.24, 2.45) is 0 Å². The van der Waals surface area contributed by atoms with Gasteiger partial charge in [0.15, 0.2) is 6.10 Å². The Labute approximate surface area is 278 Å². The van der Waals surface area contributed by atoms with Gasteiger partial charge < -0.3 is 24.6 Å². The summed E-state index contributed by atoms with van der Waals surface area (Å²) in [5.41, 5.74) is 0. The molecule has 270 valence electrons. The maximum Gasteiger partial charge on any atom is 0.472 e. The predicted molar refractivity (Wildman–Crippen MR) is 182 cm³/mol. The third kappa shape index (κ3) is 31.1. The number of unbranched alkanes of at least 4 members (excludes halogenated alkanes) is 18. The van der Waals surface area contributed by atoms with E-state index < -0.39 is 51.8 Å². The van der Waals surface area contributed by atoms with E-state index in [1.165, 1.54) is 96.0 Å². The number of aliphatic hydroxyl groups excluding tert-OH is 2. The van der Waals surface area contributed by atoms with E-state index in [-0.39, 0.29) is 13.0 Å². The van der Waals surface area contributed by atoms with Crippen LogP contribution in [-0.4, -0.2) is 65.7 Å². The van der Waals surface area contributed by atoms with Gasteiger partial charge in [0.1, 0.15) is 12.7 Å². The average Bonchev–Trinajstić information content (AvgIpc) is 3.04. The highest BCUT2D eigenvalue weighted by Crippen LogP contribution is 2.43. The maximum atomic E-state index is 12.4. The molecule has 0 rings (SSSR count). The number of carbonyl (C=O) groups is 2. The van der Waals surface area contributed by atoms with Crippen LogP contribution in [0.15, 0.2) is 24.3 Å². The van der Waals surface area contributed by atoms with Gasteiger partial charge in [-0.05, 0) is 19.3 Å². The van der Waals surface area contributed by atoms with E-state index in [1.807, 2.05) is 6.08 Å². The Bertz CT molecular complexity index is 832. The number of esters is 2. The molecule has 11 heteroatoms. The van der Waals surface area contributed by atoms with Crippen LogP contribution >= 0.6 is 7.82 Å². The van der Waals surface area contributed by atoms with Crippen molar-refractivity contribution in [3.8, 4) is 0 Å². The lowest BCUT2D eigenvalue weighted by Crippen LogP contribution is -2.29. The Kier molecular flexibility index (Phi) is 30.9. The van der Waals surface area contributed by atoms with Crippen molar-refractivity contribution < 1.29 is 47.8 Å². The molecule has 0 aliphatic rings. The molecule has 0 radical (unpaired) electrons. The van der Waals surface area contributed by atoms with E-state index in [2.05, 4.69) is 18.4 Å². The van der Waals surface area contributed by atoms with Crippen molar-refractivity contribution in [1.82, 2.24) is 0 Å². The minimum Gasteiger partial charge on any atom is -0.462 e. The second-order valence-electron chi connectivity index (χ2n) is 12.0. The van der Waals surface area contributed by atoms with E-state index in [9.17, 15) is 24.2 Å². The fourth-order valence-electron chi connectivity index (χ4n) is 4.66. The molecular weight excluding hydrogens is 611 g/mol. The van der Waals surface area contributed by atoms with E-state index in [4.69, 9.17) is 19.1 Å². The van der Waals surface area contributed by atoms with Gasteiger partial charge in [-0.25, -0.2) is 9.36 Å². The van der Waals surface area contributed by atoms with Gasteiger partial charge in [0.25, 0.3) is 0 Å². The number of allylic oxidation sites excluding steroid dienone is 3. The van der Waals surface area contributed by atoms with Gasteiger partial charge in [-0.3, -0.25) is 13.8 Å². The summed E-state index contributed by atoms with van der Waals surface area (Å²) in [6.07, 6.45) is 28.0. The summed E-state index contributed by atoms with van der Waals surface area (Å²) in [4.78, 5) is 34.5. The van der Waals surface area contributed by atoms with Crippen molar-refractivity contribution in [3.05, 3.63) is 24.3 Å². The normalized spacial score (nSPS) is 14.5. The van der Waals surface area contributed by atoms with Crippen molar-refractivity contribution in [2.45, 2.75) is 161 Å². The van der Waals surface area contributed by atoms with Gasteiger partial charge >= 0.3 is 19.8 Å². The molecule has 0 amide bonds. The Morgan fingerprint density at radius 3 is 1.74 bits per heavy atom. The van der Waals surface area contributed by atoms with Crippen LogP contribution in [0.5, 0.6) is 0 Å². The fraction of sp³-hybridized carbons (Fsp3) is 0.829. The minimum absolute atomic E-state index is 0.223. The molecular formula is C35H65O10P. The predicted octanol–water partition coefficient (Wildman–Crippen LogP) is 8.27. The number of carbonyl (C=O) groups excluding carboxylic acids is 2. The average molecular weight is 677 g/mol. The monoisotopic (exact) mass is 676 g/mol. The molecule has 46 heavy (non-hydrogen) atoms. The summed E-state index contributed by atoms with van der Waals surface area (Å²) >= 11 is 0. The fourth-order valence-corrected chi connectivity index (χ4v) is 5.45. The first-order valence-corrected chi connectivity index (χ1v) is 19.3. The second kappa shape index (κ2) is 32.0. The van der Waals surface area contributed by atoms with Crippen molar-refractivity contribution in [2.75, 3.05) is 26.4 Å². The van der Waals surface area contributed by atoms with Gasteiger partial charge in [0.2, 0.25) is 0 Å². The summed E-state index contributed by atoms with van der Waals surface area (Å²) in [7, 11) is -4.63. The van der Waals surface area contributed by atoms with Crippen LogP contribution in [0, 0.1) is 0 Å². The van der Waals surface area contributed by atoms with Gasteiger partial charge in [-0.1, -0.05) is 141 Å². The molecule has 0 saturated carbocycles. The molecule has 1 unspecified atom stereocenters. The summed E-state index contributed by atoms with van der Waals surface area (Å²) in [6, 6.07) is 0. The van der Waals surface area contributed by atoms with Crippen molar-refractivity contribution in [3.63, 3.8) is 0 Å². The molecule has 3 atom stereocenters. The van der Waals surface area contributed by atoms with Crippen LogP contribution in [0.4, 0.5) is 0 Å². The Morgan fingerprint density at radius 2 is 1.20 bits per heavy atom. The molecule has 10 nitrogen and oxygen atoms in total. The molecule has 0 saturated heterocycles. The molecule has 0 aromatic rings. The van der Waals surface area contributed by atoms with E-state index in [0.29, 0.717) is 6.42 Å². The third-order valence-electron chi connectivity index (χ3n) is 7.47. The van der Waals surface area contributed by atoms with Crippen LogP contribution in [0.1, 0.15) is 149 Å². The number of hydrogen-bond acceptors (Lipinski definition) is 9. The van der Waals surface area contributed by atoms with Crippen LogP contribution in [0.25, 0.3) is 0 Å². The van der Waals surface area contributed by atoms with Gasteiger partial charge in [-0.2, -0.15) is 0 Å². The first kappa shape index (κ1) is 44.5. The number of ether oxygens (including phenoxy) is 2. The number of hydrogen-bond donors (Lipinski definition) is 3. The van der Waals surface area contributed by atoms with E-state index in [0.717, 1.165) is 32.1 Å². The van der Waals surface area contributed by atoms with E-state index in [1.54, 1.807) is 12.2 Å². The number of phosphoric acid groups is 1. The summed E-state index contributed by atoms with van der Waals surface area (Å²) in [5, 5.41) is 18.2. The van der Waals surface area contributed by atoms with Gasteiger partial charge in [-0.15, -0.1) is 0 Å². The summed E-state index contributed by atoms with van der Waals surface area (Å²) in [5.74, 6) is -1.18. The molecule has 0 aliphatic heterocycles. The van der Waals surface area contributed by atoms with Crippen LogP contribution < -0.4 is 0 Å². The van der Waals surface area contributed by atoms with Crippen molar-refractivity contribution in [1.29, 1.82) is 0 Å². The standard InChI is InChI=1S/C35H65O10P/c1-3-5-7-9-11-13-14-15-16-17-18-19-21-23-25-27-35(39)45-33(31-44-46(40,41)43-29-32(37)28-36)30-42-34(38)26-24-22-20-12-10-8-6-4-2/h21,23,25,27,32-33,36-37H,3-20,22,24,26,28-31H2,1-2H3,(H,40,41)/b23-21+,27-25+/t32-,33+/m0/s1. The molecule has 0 bridgehead atoms. The molecule has 3 N–H and O–H groups in total. The van der Waals surface area contributed by atoms with Crippen molar-refractivity contribution >= 4 is 19.8 Å². The minimum atomic E-state index is -4.63. The van der Waals surface area contributed by atoms with Gasteiger partial charge in [0.05, 0.1) is 19.8 Å². The first-order chi connectivity index (χ1) is 22.2. The Balaban J connectivity index is 4.50. The number of aliphatic hydroxyl groups is 2. The molecule has 0 aromatic carbocycles. The lowest BCUT2D eigenvalue weighted by atomic mass is 10.1. The topological polar surface area (TPSA) is 149 Å². The quantitative estimate of drug-likeness (QED) is 0.0204. The smallest absolute Gasteiger partial charge is 0.462 e. The first-order valence-electron chi connectivity index (χ1n) is 17.8. The zero-order chi connectivity index (χ0) is 34.1. The SMILES string of the molecule is CCCCCCCCCCCCC/C=C/C=C/C(=O)O[C@H](COC(=O)CCCCCCCCCC)COP(=O)(O)OC[C@@H](O)CO. The molecule has 0 heterocycles. The second-order valence-corrected chi connectivity index (χ2v) is 13.4. The maximum absolute atomic E-state index is 12.4. The highest BCUT2D eigenvalue weighted by molar-refractivity contribution is 7.47. The Hall–Kier alpha value is -1.55. The molecule has 0 aliphatic carbocycles. The lowest BCUT2D eigenvalue weighted by molar-refractivity contribution is -0.157. The molecule has 0 fully saturated rings. The summed E-state index contributed by atoms with van der Waals surface area (Å²) in [6.45, 7) is 2.20. The van der Waals surface area contributed by atoms with Crippen LogP contribution in [0.2, 0.25) is 0 Å². The number of phosphoric ester groups is 1. The zero-order valence-electron chi connectivity index (χ0n) is 28.8. The lowest BCUT2D eigenvalue weighted by Gasteiger charge is -2.19. The van der Waals surface area contributed by atoms with Crippen LogP contribution in [-0.2, 0) is 32.7 Å². The molecule has 0 spiro atoms. The highest BCUT2D eigenvalue weighted by Gasteiger charge is 2.26. The largest absolute Gasteiger partial charge is 0.472 e. The van der Waals surface area contributed by atoms with Crippen LogP contribution in [0.3, 0.4) is 0 Å².